The van der Waals surface area contributed by atoms with Gasteiger partial charge in [-0.15, -0.1) is 0 Å². The molecule has 1 saturated heterocycles. The highest BCUT2D eigenvalue weighted by molar-refractivity contribution is 7.90. The van der Waals surface area contributed by atoms with E-state index in [9.17, 15) is 13.2 Å². The molecule has 0 atom stereocenters. The zero-order valence-electron chi connectivity index (χ0n) is 14.7. The van der Waals surface area contributed by atoms with Crippen LogP contribution in [0.1, 0.15) is 10.4 Å². The molecule has 1 aromatic heterocycles. The third kappa shape index (κ3) is 3.24. The Balaban J connectivity index is 1.52. The largest absolute Gasteiger partial charge is 0.322 e. The van der Waals surface area contributed by atoms with Gasteiger partial charge in [-0.3, -0.25) is 14.1 Å². The lowest BCUT2D eigenvalue weighted by molar-refractivity contribution is 0.102. The number of anilines is 2. The number of nitrogens with one attached hydrogen (secondary N) is 1. The number of hydrogen-bond acceptors (Lipinski definition) is 4. The first-order valence-corrected chi connectivity index (χ1v) is 9.84. The molecule has 8 heteroatoms. The van der Waals surface area contributed by atoms with Crippen molar-refractivity contribution in [3.8, 4) is 0 Å². The van der Waals surface area contributed by atoms with Crippen LogP contribution in [0.25, 0.3) is 10.8 Å². The minimum atomic E-state index is -3.46. The number of carbonyl (C=O) groups is 1. The van der Waals surface area contributed by atoms with Gasteiger partial charge in [0.15, 0.2) is 0 Å². The number of rotatable bonds is 3. The summed E-state index contributed by atoms with van der Waals surface area (Å²) in [6, 6.07) is 14.0. The third-order valence-electron chi connectivity index (χ3n) is 4.61. The minimum Gasteiger partial charge on any atom is -0.322 e. The lowest BCUT2D eigenvalue weighted by atomic mass is 10.1. The monoisotopic (exact) mass is 382 g/mol. The van der Waals surface area contributed by atoms with Crippen LogP contribution in [-0.2, 0) is 10.2 Å². The van der Waals surface area contributed by atoms with Crippen molar-refractivity contribution >= 4 is 38.3 Å². The van der Waals surface area contributed by atoms with Crippen LogP contribution in [-0.4, -0.2) is 43.8 Å². The van der Waals surface area contributed by atoms with Crippen molar-refractivity contribution in [3.63, 3.8) is 0 Å². The van der Waals surface area contributed by atoms with Gasteiger partial charge in [-0.1, -0.05) is 6.07 Å². The minimum absolute atomic E-state index is 0.253. The summed E-state index contributed by atoms with van der Waals surface area (Å²) in [6.07, 6.45) is 3.47. The van der Waals surface area contributed by atoms with Crippen molar-refractivity contribution in [3.05, 3.63) is 66.5 Å². The molecule has 2 aromatic carbocycles. The zero-order valence-corrected chi connectivity index (χ0v) is 15.5. The van der Waals surface area contributed by atoms with E-state index in [1.807, 2.05) is 24.3 Å². The van der Waals surface area contributed by atoms with Crippen molar-refractivity contribution in [2.45, 2.75) is 0 Å². The fraction of sp³-hybridized carbons (Fsp3) is 0.158. The molecule has 0 spiro atoms. The van der Waals surface area contributed by atoms with Gasteiger partial charge in [0.1, 0.15) is 0 Å². The second-order valence-corrected chi connectivity index (χ2v) is 8.30. The van der Waals surface area contributed by atoms with Gasteiger partial charge in [0.25, 0.3) is 5.91 Å². The molecular formula is C19H18N4O3S. The molecular weight excluding hydrogens is 364 g/mol. The van der Waals surface area contributed by atoms with Crippen LogP contribution in [0.5, 0.6) is 0 Å². The number of pyridine rings is 1. The maximum absolute atomic E-state index is 12.5. The summed E-state index contributed by atoms with van der Waals surface area (Å²) in [6.45, 7) is 0.846. The first kappa shape index (κ1) is 17.4. The van der Waals surface area contributed by atoms with Gasteiger partial charge in [0.05, 0.1) is 5.69 Å². The van der Waals surface area contributed by atoms with Gasteiger partial charge in [-0.2, -0.15) is 12.7 Å². The SMILES string of the molecule is CN1CCN(c2ccc(C(=O)Nc3ccc4cnccc4c3)cc2)S1(=O)=O. The van der Waals surface area contributed by atoms with Crippen LogP contribution in [0, 0.1) is 0 Å². The Bertz CT molecular complexity index is 1110. The van der Waals surface area contributed by atoms with Crippen LogP contribution >= 0.6 is 0 Å². The number of likely N-dealkylation sites (N-methyl/N-ethyl adjacent to an activating group) is 1. The summed E-state index contributed by atoms with van der Waals surface area (Å²) in [5.74, 6) is -0.253. The molecule has 0 saturated carbocycles. The Morgan fingerprint density at radius 1 is 1.04 bits per heavy atom. The first-order valence-electron chi connectivity index (χ1n) is 8.44. The fourth-order valence-electron chi connectivity index (χ4n) is 3.04. The van der Waals surface area contributed by atoms with E-state index < -0.39 is 10.2 Å². The second kappa shape index (κ2) is 6.64. The van der Waals surface area contributed by atoms with Gasteiger partial charge in [-0.25, -0.2) is 0 Å². The van der Waals surface area contributed by atoms with Crippen LogP contribution in [0.2, 0.25) is 0 Å². The quantitative estimate of drug-likeness (QED) is 0.754. The van der Waals surface area contributed by atoms with E-state index in [2.05, 4.69) is 10.3 Å². The number of amides is 1. The van der Waals surface area contributed by atoms with Crippen LogP contribution in [0.15, 0.2) is 60.9 Å². The Morgan fingerprint density at radius 2 is 1.81 bits per heavy atom. The maximum atomic E-state index is 12.5. The summed E-state index contributed by atoms with van der Waals surface area (Å²) in [5.41, 5.74) is 1.69. The highest BCUT2D eigenvalue weighted by Crippen LogP contribution is 2.25. The Hall–Kier alpha value is -2.97. The normalized spacial score (nSPS) is 16.6. The van der Waals surface area contributed by atoms with E-state index in [0.717, 1.165) is 10.8 Å². The number of benzene rings is 2. The molecule has 3 aromatic rings. The highest BCUT2D eigenvalue weighted by atomic mass is 32.2. The van der Waals surface area contributed by atoms with E-state index >= 15 is 0 Å². The van der Waals surface area contributed by atoms with Crippen molar-refractivity contribution in [1.82, 2.24) is 9.29 Å². The molecule has 1 amide bonds. The van der Waals surface area contributed by atoms with E-state index in [-0.39, 0.29) is 5.91 Å². The molecule has 138 valence electrons. The smallest absolute Gasteiger partial charge is 0.303 e. The maximum Gasteiger partial charge on any atom is 0.303 e. The van der Waals surface area contributed by atoms with Crippen molar-refractivity contribution < 1.29 is 13.2 Å². The Labute approximate surface area is 157 Å². The summed E-state index contributed by atoms with van der Waals surface area (Å²) in [7, 11) is -1.91. The predicted molar refractivity (Wildman–Crippen MR) is 105 cm³/mol. The number of fused-ring (bicyclic) bond motifs is 1. The molecule has 0 bridgehead atoms. The first-order chi connectivity index (χ1) is 12.9. The average Bonchev–Trinajstić information content (AvgIpc) is 2.94. The van der Waals surface area contributed by atoms with Gasteiger partial charge < -0.3 is 5.32 Å². The van der Waals surface area contributed by atoms with Crippen LogP contribution in [0.3, 0.4) is 0 Å². The molecule has 0 radical (unpaired) electrons. The van der Waals surface area contributed by atoms with Crippen molar-refractivity contribution in [1.29, 1.82) is 0 Å². The summed E-state index contributed by atoms with van der Waals surface area (Å²) >= 11 is 0. The molecule has 7 nitrogen and oxygen atoms in total. The Morgan fingerprint density at radius 3 is 2.52 bits per heavy atom. The summed E-state index contributed by atoms with van der Waals surface area (Å²) in [4.78, 5) is 16.6. The fourth-order valence-corrected chi connectivity index (χ4v) is 4.39. The lowest BCUT2D eigenvalue weighted by Crippen LogP contribution is -2.30. The highest BCUT2D eigenvalue weighted by Gasteiger charge is 2.33. The van der Waals surface area contributed by atoms with Gasteiger partial charge in [-0.05, 0) is 47.9 Å². The summed E-state index contributed by atoms with van der Waals surface area (Å²) < 4.78 is 27.1. The van der Waals surface area contributed by atoms with Gasteiger partial charge >= 0.3 is 10.2 Å². The molecule has 1 aliphatic rings. The van der Waals surface area contributed by atoms with E-state index in [4.69, 9.17) is 0 Å². The zero-order chi connectivity index (χ0) is 19.0. The van der Waals surface area contributed by atoms with E-state index in [1.165, 1.54) is 8.61 Å². The number of nitrogens with zero attached hydrogens (tertiary/aromatic N) is 3. The predicted octanol–water partition coefficient (Wildman–Crippen LogP) is 2.48. The molecule has 1 N–H and O–H groups in total. The standard InChI is InChI=1S/C19H18N4O3S/c1-22-10-11-23(27(22,25)26)18-6-3-14(4-7-18)19(24)21-17-5-2-16-13-20-9-8-15(16)12-17/h2-9,12-13H,10-11H2,1H3,(H,21,24). The lowest BCUT2D eigenvalue weighted by Gasteiger charge is -2.18. The number of hydrogen-bond donors (Lipinski definition) is 1. The molecule has 1 aliphatic heterocycles. The second-order valence-electron chi connectivity index (χ2n) is 6.34. The number of aromatic nitrogens is 1. The molecule has 4 rings (SSSR count). The van der Waals surface area contributed by atoms with Crippen molar-refractivity contribution in [2.75, 3.05) is 29.8 Å². The van der Waals surface area contributed by atoms with Gasteiger partial charge in [0.2, 0.25) is 0 Å². The van der Waals surface area contributed by atoms with Crippen LogP contribution in [0.4, 0.5) is 11.4 Å². The topological polar surface area (TPSA) is 82.6 Å². The van der Waals surface area contributed by atoms with E-state index in [0.29, 0.717) is 30.0 Å². The molecule has 1 fully saturated rings. The summed E-state index contributed by atoms with van der Waals surface area (Å²) in [5, 5.41) is 4.85. The van der Waals surface area contributed by atoms with E-state index in [1.54, 1.807) is 43.7 Å². The van der Waals surface area contributed by atoms with Crippen LogP contribution < -0.4 is 9.62 Å². The molecule has 0 aliphatic carbocycles. The average molecular weight is 382 g/mol. The third-order valence-corrected chi connectivity index (χ3v) is 6.53. The van der Waals surface area contributed by atoms with Crippen molar-refractivity contribution in [2.24, 2.45) is 0 Å². The molecule has 0 unspecified atom stereocenters. The molecule has 27 heavy (non-hydrogen) atoms. The number of carbonyl (C=O) groups excluding carboxylic acids is 1. The van der Waals surface area contributed by atoms with Gasteiger partial charge in [0, 0.05) is 49.2 Å². The molecule has 2 heterocycles. The Kier molecular flexibility index (Phi) is 4.29.